The lowest BCUT2D eigenvalue weighted by Crippen LogP contribution is -2.51. The number of hydrogen-bond acceptors (Lipinski definition) is 7. The van der Waals surface area contributed by atoms with Gasteiger partial charge in [0.05, 0.1) is 18.8 Å². The van der Waals surface area contributed by atoms with Gasteiger partial charge in [-0.05, 0) is 12.8 Å². The van der Waals surface area contributed by atoms with Crippen LogP contribution in [-0.2, 0) is 14.1 Å². The molecule has 0 aromatic carbocycles. The minimum atomic E-state index is -5.39. The Morgan fingerprint density at radius 1 is 0.882 bits per heavy atom. The number of hydrogen-bond donors (Lipinski definition) is 2. The summed E-state index contributed by atoms with van der Waals surface area (Å²) >= 11 is 0. The molecule has 34 heavy (non-hydrogen) atoms. The van der Waals surface area contributed by atoms with Gasteiger partial charge in [-0.1, -0.05) is 104 Å². The number of ether oxygens (including phenoxy) is 1. The van der Waals surface area contributed by atoms with Crippen molar-refractivity contribution in [1.29, 1.82) is 0 Å². The summed E-state index contributed by atoms with van der Waals surface area (Å²) in [6, 6.07) is 0.145. The highest BCUT2D eigenvalue weighted by atomic mass is 31.2. The second kappa shape index (κ2) is 22.9. The summed E-state index contributed by atoms with van der Waals surface area (Å²) in [7, 11) is -5.39. The van der Waals surface area contributed by atoms with Gasteiger partial charge in [-0.25, -0.2) is 0 Å². The molecule has 0 aromatic rings. The van der Waals surface area contributed by atoms with E-state index >= 15 is 0 Å². The number of morpholine rings is 1. The van der Waals surface area contributed by atoms with Gasteiger partial charge in [0.25, 0.3) is 0 Å². The van der Waals surface area contributed by atoms with E-state index in [-0.39, 0.29) is 18.1 Å². The third-order valence-electron chi connectivity index (χ3n) is 6.20. The van der Waals surface area contributed by atoms with E-state index in [4.69, 9.17) is 24.0 Å². The highest BCUT2D eigenvalue weighted by Crippen LogP contribution is 2.14. The van der Waals surface area contributed by atoms with E-state index in [1.807, 2.05) is 0 Å². The molecule has 1 aliphatic heterocycles. The lowest BCUT2D eigenvalue weighted by molar-refractivity contribution is -0.432. The van der Waals surface area contributed by atoms with E-state index in [0.717, 1.165) is 32.5 Å². The highest BCUT2D eigenvalue weighted by Gasteiger charge is 2.24. The Kier molecular flexibility index (Phi) is 22.6. The number of unbranched alkanes of at least 4 members (excludes halogenated alkanes) is 14. The molecule has 0 radical (unpaired) electrons. The fraction of sp³-hybridized carbons (Fsp3) is 0.960. The van der Waals surface area contributed by atoms with Gasteiger partial charge in [0.15, 0.2) is 0 Å². The lowest BCUT2D eigenvalue weighted by Gasteiger charge is -2.36. The second-order valence-corrected chi connectivity index (χ2v) is 10.2. The number of phosphoric acid groups is 1. The first kappa shape index (κ1) is 33.5. The van der Waals surface area contributed by atoms with Crippen LogP contribution in [0.2, 0.25) is 0 Å². The van der Waals surface area contributed by atoms with E-state index in [1.54, 1.807) is 0 Å². The average Bonchev–Trinajstić information content (AvgIpc) is 2.79. The second-order valence-electron chi connectivity index (χ2n) is 9.34. The van der Waals surface area contributed by atoms with E-state index in [0.29, 0.717) is 6.42 Å². The molecule has 9 heteroatoms. The molecule has 0 aromatic heterocycles. The van der Waals surface area contributed by atoms with Crippen molar-refractivity contribution in [1.82, 2.24) is 10.6 Å². The Morgan fingerprint density at radius 2 is 1.32 bits per heavy atom. The molecule has 1 aliphatic rings. The lowest BCUT2D eigenvalue weighted by atomic mass is 10.0. The van der Waals surface area contributed by atoms with E-state index in [2.05, 4.69) is 24.5 Å². The fourth-order valence-electron chi connectivity index (χ4n) is 4.24. The van der Waals surface area contributed by atoms with E-state index in [1.165, 1.54) is 89.9 Å². The standard InChI is InChI=1S/C25H50N2O2.H3O4P/c1-3-5-6-7-8-9-10-11-12-13-14-15-16-17-18-19-25(28)27-23(4-2)24-22-26-20-21-29-24;1-5(2,3)4/h23-24,26H,3-22H2,1-2H3,(H,27,28);(H3,1,2,3,4)/p-3. The van der Waals surface area contributed by atoms with Gasteiger partial charge in [0.1, 0.15) is 0 Å². The van der Waals surface area contributed by atoms with Crippen LogP contribution in [0.15, 0.2) is 0 Å². The molecule has 1 fully saturated rings. The molecular formula is C25H50N2O6P-3. The van der Waals surface area contributed by atoms with Crippen LogP contribution in [0.5, 0.6) is 0 Å². The van der Waals surface area contributed by atoms with Gasteiger partial charge in [0.2, 0.25) is 5.91 Å². The first-order chi connectivity index (χ1) is 16.3. The average molecular weight is 506 g/mol. The van der Waals surface area contributed by atoms with Gasteiger partial charge in [0, 0.05) is 19.5 Å². The predicted octanol–water partition coefficient (Wildman–Crippen LogP) is 3.31. The zero-order valence-electron chi connectivity index (χ0n) is 21.7. The summed E-state index contributed by atoms with van der Waals surface area (Å²) in [6.45, 7) is 6.91. The van der Waals surface area contributed by atoms with Crippen LogP contribution in [0, 0.1) is 0 Å². The molecule has 1 rings (SSSR count). The third kappa shape index (κ3) is 24.6. The van der Waals surface area contributed by atoms with Gasteiger partial charge in [-0.2, -0.15) is 7.82 Å². The Bertz CT molecular complexity index is 503. The Balaban J connectivity index is 0.00000196. The van der Waals surface area contributed by atoms with Crippen LogP contribution >= 0.6 is 7.82 Å². The largest absolute Gasteiger partial charge is 0.822 e. The number of rotatable bonds is 19. The van der Waals surface area contributed by atoms with Gasteiger partial charge >= 0.3 is 0 Å². The normalized spacial score (nSPS) is 17.0. The maximum absolute atomic E-state index is 12.2. The first-order valence-electron chi connectivity index (χ1n) is 13.6. The van der Waals surface area contributed by atoms with Crippen molar-refractivity contribution in [3.8, 4) is 0 Å². The molecule has 2 unspecified atom stereocenters. The third-order valence-corrected chi connectivity index (χ3v) is 6.20. The summed E-state index contributed by atoms with van der Waals surface area (Å²) in [5.41, 5.74) is 0. The van der Waals surface area contributed by atoms with Crippen LogP contribution in [0.4, 0.5) is 0 Å². The Labute approximate surface area is 208 Å². The van der Waals surface area contributed by atoms with Crippen molar-refractivity contribution >= 4 is 13.7 Å². The molecule has 8 nitrogen and oxygen atoms in total. The summed E-state index contributed by atoms with van der Waals surface area (Å²) in [5, 5.41) is 6.53. The van der Waals surface area contributed by atoms with Crippen molar-refractivity contribution in [3.63, 3.8) is 0 Å². The van der Waals surface area contributed by atoms with E-state index < -0.39 is 7.82 Å². The van der Waals surface area contributed by atoms with Crippen LogP contribution in [0.25, 0.3) is 0 Å². The van der Waals surface area contributed by atoms with Crippen molar-refractivity contribution in [2.45, 2.75) is 135 Å². The fourth-order valence-corrected chi connectivity index (χ4v) is 4.24. The molecule has 0 saturated carbocycles. The summed E-state index contributed by atoms with van der Waals surface area (Å²) in [5.74, 6) is 0.195. The Morgan fingerprint density at radius 3 is 1.71 bits per heavy atom. The molecule has 1 amide bonds. The van der Waals surface area contributed by atoms with Crippen molar-refractivity contribution in [3.05, 3.63) is 0 Å². The smallest absolute Gasteiger partial charge is 0.220 e. The molecule has 0 bridgehead atoms. The van der Waals surface area contributed by atoms with Gasteiger partial charge in [-0.15, -0.1) is 0 Å². The van der Waals surface area contributed by atoms with Crippen molar-refractivity contribution in [2.75, 3.05) is 19.7 Å². The molecule has 1 saturated heterocycles. The summed E-state index contributed by atoms with van der Waals surface area (Å²) in [4.78, 5) is 37.8. The van der Waals surface area contributed by atoms with Gasteiger partial charge in [-0.3, -0.25) is 4.79 Å². The van der Waals surface area contributed by atoms with Crippen LogP contribution in [0.3, 0.4) is 0 Å². The minimum Gasteiger partial charge on any atom is -0.822 e. The summed E-state index contributed by atoms with van der Waals surface area (Å²) < 4.78 is 14.3. The predicted molar refractivity (Wildman–Crippen MR) is 132 cm³/mol. The van der Waals surface area contributed by atoms with E-state index in [9.17, 15) is 4.79 Å². The van der Waals surface area contributed by atoms with Crippen LogP contribution in [-0.4, -0.2) is 37.7 Å². The molecule has 2 N–H and O–H groups in total. The molecule has 1 heterocycles. The highest BCUT2D eigenvalue weighted by molar-refractivity contribution is 7.40. The molecular weight excluding hydrogens is 455 g/mol. The van der Waals surface area contributed by atoms with Crippen LogP contribution < -0.4 is 25.3 Å². The molecule has 204 valence electrons. The van der Waals surface area contributed by atoms with Crippen molar-refractivity contribution < 1.29 is 28.8 Å². The maximum Gasteiger partial charge on any atom is 0.220 e. The molecule has 0 aliphatic carbocycles. The molecule has 0 spiro atoms. The van der Waals surface area contributed by atoms with Crippen molar-refractivity contribution in [2.24, 2.45) is 0 Å². The molecule has 2 atom stereocenters. The number of carbonyl (C=O) groups is 1. The van der Waals surface area contributed by atoms with Gasteiger partial charge < -0.3 is 34.6 Å². The quantitative estimate of drug-likeness (QED) is 0.203. The SMILES string of the molecule is CCCCCCCCCCCCCCCCCC(=O)NC(CC)C1CNCCO1.O=P([O-])([O-])[O-]. The van der Waals surface area contributed by atoms with Crippen LogP contribution in [0.1, 0.15) is 123 Å². The first-order valence-corrected chi connectivity index (χ1v) is 15.1. The monoisotopic (exact) mass is 505 g/mol. The summed E-state index contributed by atoms with van der Waals surface area (Å²) in [6.07, 6.45) is 22.1. The number of carbonyl (C=O) groups excluding carboxylic acids is 1. The zero-order chi connectivity index (χ0) is 25.5. The topological polar surface area (TPSA) is 137 Å². The Hall–Kier alpha value is -0.500. The number of amides is 1. The maximum atomic E-state index is 12.2. The number of nitrogens with one attached hydrogen (secondary N) is 2. The zero-order valence-corrected chi connectivity index (χ0v) is 22.6. The minimum absolute atomic E-state index is 0.124.